The molecule has 0 spiro atoms. The maximum Gasteiger partial charge on any atom is 0.269 e. The van der Waals surface area contributed by atoms with Gasteiger partial charge < -0.3 is 16.0 Å². The van der Waals surface area contributed by atoms with Crippen molar-refractivity contribution in [3.05, 3.63) is 209 Å². The van der Waals surface area contributed by atoms with Crippen molar-refractivity contribution in [2.75, 3.05) is 55.2 Å². The third kappa shape index (κ3) is 11.7. The van der Waals surface area contributed by atoms with Crippen molar-refractivity contribution >= 4 is 34.1 Å². The first-order chi connectivity index (χ1) is 28.2. The van der Waals surface area contributed by atoms with Crippen LogP contribution in [-0.4, -0.2) is 58.9 Å². The Kier molecular flexibility index (Phi) is 14.1. The van der Waals surface area contributed by atoms with Crippen LogP contribution in [0, 0.1) is 30.3 Å². The minimum atomic E-state index is -0.391. The Bertz CT molecular complexity index is 2040. The molecule has 13 nitrogen and oxygen atoms in total. The predicted molar refractivity (Wildman–Crippen MR) is 229 cm³/mol. The zero-order valence-electron chi connectivity index (χ0n) is 32.0. The first-order valence-electron chi connectivity index (χ1n) is 19.1. The second kappa shape index (κ2) is 20.2. The fourth-order valence-corrected chi connectivity index (χ4v) is 6.79. The maximum atomic E-state index is 11.1. The second-order valence-electron chi connectivity index (χ2n) is 13.9. The number of nitro benzene ring substituents is 3. The number of benzene rings is 6. The first kappa shape index (κ1) is 40.5. The lowest BCUT2D eigenvalue weighted by Crippen LogP contribution is -2.36. The normalized spacial score (nSPS) is 10.9. The summed E-state index contributed by atoms with van der Waals surface area (Å²) in [5.41, 5.74) is 9.50. The molecular weight excluding hydrogens is 735 g/mol. The lowest BCUT2D eigenvalue weighted by molar-refractivity contribution is -0.385. The Balaban J connectivity index is 1.10. The van der Waals surface area contributed by atoms with E-state index in [0.29, 0.717) is 38.9 Å². The average Bonchev–Trinajstić information content (AvgIpc) is 3.23. The summed E-state index contributed by atoms with van der Waals surface area (Å²) in [7, 11) is 0. The van der Waals surface area contributed by atoms with Crippen molar-refractivity contribution < 1.29 is 14.8 Å². The van der Waals surface area contributed by atoms with E-state index in [0.717, 1.165) is 70.1 Å². The zero-order chi connectivity index (χ0) is 40.7. The van der Waals surface area contributed by atoms with Crippen molar-refractivity contribution in [1.82, 2.24) is 4.90 Å². The first-order valence-corrected chi connectivity index (χ1v) is 19.1. The molecule has 0 unspecified atom stereocenters. The van der Waals surface area contributed by atoms with E-state index in [1.54, 1.807) is 36.4 Å². The van der Waals surface area contributed by atoms with Crippen molar-refractivity contribution in [2.24, 2.45) is 0 Å². The Hall–Kier alpha value is -7.12. The lowest BCUT2D eigenvalue weighted by atomic mass is 10.0. The molecule has 0 aliphatic carbocycles. The molecule has 0 aromatic heterocycles. The molecule has 6 rings (SSSR count). The standard InChI is InChI=1S/C45H45N7O6/c53-50(54)40-19-13-34(14-20-40)31-37-7-1-4-10-43(37)46-25-28-49(29-26-47-44-11-5-2-8-38(44)32-35-15-21-41(22-16-35)51(55)56)30-27-48-45-12-6-3-9-39(45)33-36-17-23-42(24-18-36)52(57)58/h1-24,46-48H,25-33H2. The number of hydrogen-bond donors (Lipinski definition) is 3. The molecule has 0 aliphatic heterocycles. The molecule has 6 aromatic carbocycles. The van der Waals surface area contributed by atoms with Crippen LogP contribution in [0.25, 0.3) is 0 Å². The Labute approximate surface area is 336 Å². The van der Waals surface area contributed by atoms with Crippen molar-refractivity contribution in [3.8, 4) is 0 Å². The van der Waals surface area contributed by atoms with Gasteiger partial charge in [0.1, 0.15) is 0 Å². The summed E-state index contributed by atoms with van der Waals surface area (Å²) in [5.74, 6) is 0. The molecule has 0 aliphatic rings. The highest BCUT2D eigenvalue weighted by Crippen LogP contribution is 2.24. The summed E-state index contributed by atoms with van der Waals surface area (Å²) >= 11 is 0. The number of anilines is 3. The molecule has 0 saturated heterocycles. The Morgan fingerprint density at radius 1 is 0.379 bits per heavy atom. The van der Waals surface area contributed by atoms with Gasteiger partial charge >= 0.3 is 0 Å². The van der Waals surface area contributed by atoms with Gasteiger partial charge in [-0.2, -0.15) is 0 Å². The number of para-hydroxylation sites is 3. The van der Waals surface area contributed by atoms with Crippen LogP contribution in [0.5, 0.6) is 0 Å². The van der Waals surface area contributed by atoms with Crippen LogP contribution in [0.2, 0.25) is 0 Å². The van der Waals surface area contributed by atoms with E-state index in [9.17, 15) is 30.3 Å². The van der Waals surface area contributed by atoms with Gasteiger partial charge in [-0.3, -0.25) is 35.2 Å². The third-order valence-electron chi connectivity index (χ3n) is 9.91. The van der Waals surface area contributed by atoms with E-state index >= 15 is 0 Å². The summed E-state index contributed by atoms with van der Waals surface area (Å²) in [6.07, 6.45) is 1.91. The van der Waals surface area contributed by atoms with Crippen molar-refractivity contribution in [2.45, 2.75) is 19.3 Å². The zero-order valence-corrected chi connectivity index (χ0v) is 32.0. The number of rotatable bonds is 21. The van der Waals surface area contributed by atoms with Gasteiger partial charge in [0.2, 0.25) is 0 Å². The quantitative estimate of drug-likeness (QED) is 0.0473. The van der Waals surface area contributed by atoms with Gasteiger partial charge in [0.25, 0.3) is 17.1 Å². The molecule has 0 radical (unpaired) electrons. The Morgan fingerprint density at radius 3 is 0.897 bits per heavy atom. The van der Waals surface area contributed by atoms with Gasteiger partial charge in [-0.05, 0) is 70.8 Å². The van der Waals surface area contributed by atoms with Crippen LogP contribution >= 0.6 is 0 Å². The highest BCUT2D eigenvalue weighted by Gasteiger charge is 2.12. The van der Waals surface area contributed by atoms with E-state index in [1.165, 1.54) is 36.4 Å². The van der Waals surface area contributed by atoms with Crippen LogP contribution in [0.3, 0.4) is 0 Å². The van der Waals surface area contributed by atoms with Crippen molar-refractivity contribution in [1.29, 1.82) is 0 Å². The van der Waals surface area contributed by atoms with Crippen molar-refractivity contribution in [3.63, 3.8) is 0 Å². The summed E-state index contributed by atoms with van der Waals surface area (Å²) in [5, 5.41) is 44.3. The van der Waals surface area contributed by atoms with E-state index < -0.39 is 14.8 Å². The number of hydrogen-bond acceptors (Lipinski definition) is 10. The van der Waals surface area contributed by atoms with Gasteiger partial charge in [-0.25, -0.2) is 0 Å². The van der Waals surface area contributed by atoms with E-state index in [2.05, 4.69) is 57.2 Å². The van der Waals surface area contributed by atoms with Crippen LogP contribution in [-0.2, 0) is 19.3 Å². The molecule has 0 atom stereocenters. The van der Waals surface area contributed by atoms with Crippen LogP contribution in [0.4, 0.5) is 34.1 Å². The lowest BCUT2D eigenvalue weighted by Gasteiger charge is -2.25. The molecule has 58 heavy (non-hydrogen) atoms. The molecular formula is C45H45N7O6. The monoisotopic (exact) mass is 779 g/mol. The largest absolute Gasteiger partial charge is 0.384 e. The minimum absolute atomic E-state index is 0.0696. The molecule has 13 heteroatoms. The van der Waals surface area contributed by atoms with Gasteiger partial charge in [0.15, 0.2) is 0 Å². The van der Waals surface area contributed by atoms with Gasteiger partial charge in [-0.15, -0.1) is 0 Å². The number of nitrogens with one attached hydrogen (secondary N) is 3. The Morgan fingerprint density at radius 2 is 0.638 bits per heavy atom. The molecule has 0 heterocycles. The van der Waals surface area contributed by atoms with Gasteiger partial charge in [0, 0.05) is 92.7 Å². The fourth-order valence-electron chi connectivity index (χ4n) is 6.79. The highest BCUT2D eigenvalue weighted by molar-refractivity contribution is 5.55. The molecule has 3 N–H and O–H groups in total. The summed E-state index contributed by atoms with van der Waals surface area (Å²) in [6, 6.07) is 44.3. The molecule has 0 bridgehead atoms. The summed E-state index contributed by atoms with van der Waals surface area (Å²) < 4.78 is 0. The number of nitrogens with zero attached hydrogens (tertiary/aromatic N) is 4. The van der Waals surface area contributed by atoms with E-state index in [-0.39, 0.29) is 17.1 Å². The third-order valence-corrected chi connectivity index (χ3v) is 9.91. The molecule has 296 valence electrons. The van der Waals surface area contributed by atoms with Crippen LogP contribution < -0.4 is 16.0 Å². The summed E-state index contributed by atoms with van der Waals surface area (Å²) in [6.45, 7) is 4.32. The van der Waals surface area contributed by atoms with Crippen LogP contribution in [0.1, 0.15) is 33.4 Å². The second-order valence-corrected chi connectivity index (χ2v) is 13.9. The van der Waals surface area contributed by atoms with Gasteiger partial charge in [-0.1, -0.05) is 91.0 Å². The minimum Gasteiger partial charge on any atom is -0.384 e. The molecule has 0 fully saturated rings. The smallest absolute Gasteiger partial charge is 0.269 e. The van der Waals surface area contributed by atoms with E-state index in [1.807, 2.05) is 36.4 Å². The maximum absolute atomic E-state index is 11.1. The molecule has 0 amide bonds. The number of non-ortho nitro benzene ring substituents is 3. The number of nitro groups is 3. The van der Waals surface area contributed by atoms with Crippen LogP contribution in [0.15, 0.2) is 146 Å². The predicted octanol–water partition coefficient (Wildman–Crippen LogP) is 9.12. The fraction of sp³-hybridized carbons (Fsp3) is 0.200. The SMILES string of the molecule is O=[N+]([O-])c1ccc(Cc2ccccc2NCCN(CCNc2ccccc2Cc2ccc([N+](=O)[O-])cc2)CCNc2ccccc2Cc2ccc([N+](=O)[O-])cc2)cc1. The molecule has 0 saturated carbocycles. The van der Waals surface area contributed by atoms with Gasteiger partial charge in [0.05, 0.1) is 14.8 Å². The summed E-state index contributed by atoms with van der Waals surface area (Å²) in [4.78, 5) is 34.6. The average molecular weight is 780 g/mol. The van der Waals surface area contributed by atoms with E-state index in [4.69, 9.17) is 0 Å². The highest BCUT2D eigenvalue weighted by atomic mass is 16.6. The topological polar surface area (TPSA) is 169 Å². The molecule has 6 aromatic rings.